The molecule has 1 heterocycles. The predicted molar refractivity (Wildman–Crippen MR) is 90.8 cm³/mol. The van der Waals surface area contributed by atoms with Gasteiger partial charge in [-0.05, 0) is 32.6 Å². The van der Waals surface area contributed by atoms with Crippen molar-refractivity contribution < 1.29 is 9.59 Å². The number of imide groups is 1. The van der Waals surface area contributed by atoms with Gasteiger partial charge in [-0.1, -0.05) is 35.9 Å². The topological polar surface area (TPSA) is 96.0 Å². The molecule has 0 unspecified atom stereocenters. The number of nitrogens with zero attached hydrogens (tertiary/aromatic N) is 2. The van der Waals surface area contributed by atoms with Crippen LogP contribution >= 0.6 is 23.1 Å². The Hall–Kier alpha value is -1.35. The van der Waals surface area contributed by atoms with Crippen molar-refractivity contribution in [3.8, 4) is 0 Å². The molecular formula is C14H21N5O2S2. The zero-order chi connectivity index (χ0) is 16.2. The Morgan fingerprint density at radius 3 is 2.61 bits per heavy atom. The zero-order valence-electron chi connectivity index (χ0n) is 13.0. The molecule has 0 saturated heterocycles. The van der Waals surface area contributed by atoms with Crippen molar-refractivity contribution in [3.63, 3.8) is 0 Å². The van der Waals surface area contributed by atoms with Crippen LogP contribution in [0.4, 0.5) is 9.93 Å². The first kappa shape index (κ1) is 16.5. The van der Waals surface area contributed by atoms with Gasteiger partial charge in [0, 0.05) is 12.1 Å². The van der Waals surface area contributed by atoms with Gasteiger partial charge in [0.05, 0.1) is 5.25 Å². The molecule has 0 radical (unpaired) electrons. The van der Waals surface area contributed by atoms with E-state index in [1.807, 2.05) is 0 Å². The SMILES string of the molecule is C[C@H](Sc1nnc(NC2CC2)s1)C(=O)NC(=O)NC1CCCC1. The number of rotatable bonds is 6. The van der Waals surface area contributed by atoms with Crippen LogP contribution in [0, 0.1) is 0 Å². The third kappa shape index (κ3) is 5.07. The second-order valence-corrected chi connectivity index (χ2v) is 8.56. The van der Waals surface area contributed by atoms with E-state index in [9.17, 15) is 9.59 Å². The van der Waals surface area contributed by atoms with Gasteiger partial charge in [0.2, 0.25) is 11.0 Å². The van der Waals surface area contributed by atoms with Gasteiger partial charge < -0.3 is 10.6 Å². The molecule has 2 saturated carbocycles. The first-order chi connectivity index (χ1) is 11.1. The van der Waals surface area contributed by atoms with E-state index in [2.05, 4.69) is 26.1 Å². The molecule has 3 rings (SSSR count). The summed E-state index contributed by atoms with van der Waals surface area (Å²) in [5.74, 6) is -0.308. The molecule has 2 aliphatic carbocycles. The fraction of sp³-hybridized carbons (Fsp3) is 0.714. The largest absolute Gasteiger partial charge is 0.357 e. The maximum atomic E-state index is 12.1. The fourth-order valence-electron chi connectivity index (χ4n) is 2.43. The van der Waals surface area contributed by atoms with Crippen LogP contribution in [0.3, 0.4) is 0 Å². The molecular weight excluding hydrogens is 334 g/mol. The second kappa shape index (κ2) is 7.48. The van der Waals surface area contributed by atoms with E-state index in [1.54, 1.807) is 6.92 Å². The summed E-state index contributed by atoms with van der Waals surface area (Å²) in [6.45, 7) is 1.76. The summed E-state index contributed by atoms with van der Waals surface area (Å²) >= 11 is 2.76. The molecule has 7 nitrogen and oxygen atoms in total. The van der Waals surface area contributed by atoms with Crippen molar-refractivity contribution in [3.05, 3.63) is 0 Å². The van der Waals surface area contributed by atoms with Gasteiger partial charge in [0.15, 0.2) is 4.34 Å². The summed E-state index contributed by atoms with van der Waals surface area (Å²) in [6.07, 6.45) is 6.62. The molecule has 23 heavy (non-hydrogen) atoms. The lowest BCUT2D eigenvalue weighted by atomic mass is 10.2. The maximum absolute atomic E-state index is 12.1. The molecule has 0 aromatic carbocycles. The Balaban J connectivity index is 1.42. The fourth-order valence-corrected chi connectivity index (χ4v) is 4.40. The molecule has 2 fully saturated rings. The standard InChI is InChI=1S/C14H21N5O2S2/c1-8(11(20)17-12(21)15-9-4-2-3-5-9)22-14-19-18-13(23-14)16-10-6-7-10/h8-10H,2-7H2,1H3,(H,16,18)(H2,15,17,20,21)/t8-/m0/s1. The molecule has 1 aromatic heterocycles. The predicted octanol–water partition coefficient (Wildman–Crippen LogP) is 2.36. The van der Waals surface area contributed by atoms with Crippen molar-refractivity contribution in [1.82, 2.24) is 20.8 Å². The van der Waals surface area contributed by atoms with Crippen LogP contribution in [0.5, 0.6) is 0 Å². The number of hydrogen-bond acceptors (Lipinski definition) is 7. The quantitative estimate of drug-likeness (QED) is 0.678. The van der Waals surface area contributed by atoms with E-state index in [0.29, 0.717) is 6.04 Å². The van der Waals surface area contributed by atoms with Crippen molar-refractivity contribution in [1.29, 1.82) is 0 Å². The van der Waals surface area contributed by atoms with Crippen molar-refractivity contribution in [2.45, 2.75) is 67.1 Å². The Labute approximate surface area is 143 Å². The van der Waals surface area contributed by atoms with E-state index < -0.39 is 11.3 Å². The Morgan fingerprint density at radius 1 is 1.17 bits per heavy atom. The van der Waals surface area contributed by atoms with Crippen molar-refractivity contribution in [2.24, 2.45) is 0 Å². The summed E-state index contributed by atoms with van der Waals surface area (Å²) in [5.41, 5.74) is 0. The highest BCUT2D eigenvalue weighted by Crippen LogP contribution is 2.32. The molecule has 2 aliphatic rings. The van der Waals surface area contributed by atoms with Gasteiger partial charge >= 0.3 is 6.03 Å². The van der Waals surface area contributed by atoms with E-state index in [4.69, 9.17) is 0 Å². The van der Waals surface area contributed by atoms with E-state index in [0.717, 1.165) is 35.2 Å². The first-order valence-electron chi connectivity index (χ1n) is 7.98. The minimum Gasteiger partial charge on any atom is -0.357 e. The average Bonchev–Trinajstić information content (AvgIpc) is 2.97. The van der Waals surface area contributed by atoms with E-state index in [1.165, 1.54) is 35.9 Å². The van der Waals surface area contributed by atoms with Crippen LogP contribution in [-0.2, 0) is 4.79 Å². The van der Waals surface area contributed by atoms with Crippen LogP contribution in [0.25, 0.3) is 0 Å². The van der Waals surface area contributed by atoms with E-state index in [-0.39, 0.29) is 11.9 Å². The Morgan fingerprint density at radius 2 is 1.91 bits per heavy atom. The van der Waals surface area contributed by atoms with Crippen LogP contribution in [0.2, 0.25) is 0 Å². The number of carbonyl (C=O) groups is 2. The number of amides is 3. The monoisotopic (exact) mass is 355 g/mol. The molecule has 0 aliphatic heterocycles. The average molecular weight is 355 g/mol. The van der Waals surface area contributed by atoms with Crippen LogP contribution < -0.4 is 16.0 Å². The summed E-state index contributed by atoms with van der Waals surface area (Å²) in [5, 5.41) is 17.1. The van der Waals surface area contributed by atoms with Crippen molar-refractivity contribution >= 4 is 40.2 Å². The lowest BCUT2D eigenvalue weighted by Crippen LogP contribution is -2.45. The molecule has 126 valence electrons. The summed E-state index contributed by atoms with van der Waals surface area (Å²) < 4.78 is 0.729. The summed E-state index contributed by atoms with van der Waals surface area (Å²) in [4.78, 5) is 23.9. The van der Waals surface area contributed by atoms with Crippen LogP contribution in [-0.4, -0.2) is 39.5 Å². The Kier molecular flexibility index (Phi) is 5.37. The Bertz CT molecular complexity index is 569. The number of carbonyl (C=O) groups excluding carboxylic acids is 2. The van der Waals surface area contributed by atoms with Gasteiger partial charge in [0.1, 0.15) is 0 Å². The lowest BCUT2D eigenvalue weighted by Gasteiger charge is -2.14. The van der Waals surface area contributed by atoms with Gasteiger partial charge in [-0.25, -0.2) is 4.79 Å². The number of urea groups is 1. The second-order valence-electron chi connectivity index (χ2n) is 6.00. The van der Waals surface area contributed by atoms with E-state index >= 15 is 0 Å². The summed E-state index contributed by atoms with van der Waals surface area (Å²) in [7, 11) is 0. The number of nitrogens with one attached hydrogen (secondary N) is 3. The first-order valence-corrected chi connectivity index (χ1v) is 9.68. The molecule has 0 bridgehead atoms. The molecule has 1 atom stereocenters. The lowest BCUT2D eigenvalue weighted by molar-refractivity contribution is -0.119. The van der Waals surface area contributed by atoms with Gasteiger partial charge in [0.25, 0.3) is 0 Å². The smallest absolute Gasteiger partial charge is 0.321 e. The minimum absolute atomic E-state index is 0.199. The highest BCUT2D eigenvalue weighted by molar-refractivity contribution is 8.02. The molecule has 1 aromatic rings. The van der Waals surface area contributed by atoms with Crippen molar-refractivity contribution in [2.75, 3.05) is 5.32 Å². The normalized spacial score (nSPS) is 19.3. The minimum atomic E-state index is -0.400. The maximum Gasteiger partial charge on any atom is 0.321 e. The number of thioether (sulfide) groups is 1. The molecule has 3 N–H and O–H groups in total. The molecule has 3 amide bonds. The van der Waals surface area contributed by atoms with Gasteiger partial charge in [-0.2, -0.15) is 0 Å². The summed E-state index contributed by atoms with van der Waals surface area (Å²) in [6, 6.07) is 0.327. The zero-order valence-corrected chi connectivity index (χ0v) is 14.6. The van der Waals surface area contributed by atoms with Gasteiger partial charge in [-0.3, -0.25) is 10.1 Å². The number of aromatic nitrogens is 2. The highest BCUT2D eigenvalue weighted by Gasteiger charge is 2.24. The van der Waals surface area contributed by atoms with Crippen LogP contribution in [0.15, 0.2) is 4.34 Å². The van der Waals surface area contributed by atoms with Gasteiger partial charge in [-0.15, -0.1) is 10.2 Å². The molecule has 0 spiro atoms. The third-order valence-corrected chi connectivity index (χ3v) is 5.92. The number of hydrogen-bond donors (Lipinski definition) is 3. The molecule has 9 heteroatoms. The highest BCUT2D eigenvalue weighted by atomic mass is 32.2. The van der Waals surface area contributed by atoms with Crippen LogP contribution in [0.1, 0.15) is 45.4 Å². The number of anilines is 1. The third-order valence-electron chi connectivity index (χ3n) is 3.89.